The van der Waals surface area contributed by atoms with Crippen LogP contribution in [0.4, 0.5) is 5.69 Å². The van der Waals surface area contributed by atoms with E-state index >= 15 is 0 Å². The first-order valence-electron chi connectivity index (χ1n) is 6.26. The maximum absolute atomic E-state index is 10.9. The molecule has 4 nitrogen and oxygen atoms in total. The summed E-state index contributed by atoms with van der Waals surface area (Å²) in [7, 11) is 0. The Balaban J connectivity index is 2.05. The highest BCUT2D eigenvalue weighted by Gasteiger charge is 2.22. The van der Waals surface area contributed by atoms with E-state index < -0.39 is 5.97 Å². The number of ether oxygens (including phenoxy) is 1. The summed E-state index contributed by atoms with van der Waals surface area (Å²) in [5.74, 6) is -0.347. The van der Waals surface area contributed by atoms with Crippen molar-refractivity contribution in [3.05, 3.63) is 29.3 Å². The van der Waals surface area contributed by atoms with E-state index in [0.717, 1.165) is 30.9 Å². The van der Waals surface area contributed by atoms with Crippen molar-refractivity contribution in [2.45, 2.75) is 26.3 Å². The highest BCUT2D eigenvalue weighted by molar-refractivity contribution is 5.89. The molecule has 0 bridgehead atoms. The van der Waals surface area contributed by atoms with Gasteiger partial charge in [0.05, 0.1) is 12.2 Å². The number of carboxylic acid groups (broad SMARTS) is 1. The Kier molecular flexibility index (Phi) is 3.87. The SMILES string of the molecule is Cc1cc(NC(C)C2CCOC2)ccc1C(=O)O. The van der Waals surface area contributed by atoms with Gasteiger partial charge in [-0.15, -0.1) is 0 Å². The van der Waals surface area contributed by atoms with Crippen molar-refractivity contribution >= 4 is 11.7 Å². The van der Waals surface area contributed by atoms with Crippen LogP contribution in [0.5, 0.6) is 0 Å². The van der Waals surface area contributed by atoms with Crippen LogP contribution in [0.2, 0.25) is 0 Å². The van der Waals surface area contributed by atoms with Gasteiger partial charge in [-0.25, -0.2) is 4.79 Å². The zero-order chi connectivity index (χ0) is 13.1. The number of hydrogen-bond acceptors (Lipinski definition) is 3. The largest absolute Gasteiger partial charge is 0.478 e. The minimum absolute atomic E-state index is 0.336. The Morgan fingerprint density at radius 2 is 2.33 bits per heavy atom. The number of anilines is 1. The standard InChI is InChI=1S/C14H19NO3/c1-9-7-12(3-4-13(9)14(16)17)15-10(2)11-5-6-18-8-11/h3-4,7,10-11,15H,5-6,8H2,1-2H3,(H,16,17). The summed E-state index contributed by atoms with van der Waals surface area (Å²) in [6.45, 7) is 5.60. The minimum Gasteiger partial charge on any atom is -0.478 e. The molecule has 0 radical (unpaired) electrons. The number of aryl methyl sites for hydroxylation is 1. The van der Waals surface area contributed by atoms with Crippen molar-refractivity contribution < 1.29 is 14.6 Å². The number of hydrogen-bond donors (Lipinski definition) is 2. The van der Waals surface area contributed by atoms with Gasteiger partial charge < -0.3 is 15.2 Å². The van der Waals surface area contributed by atoms with Crippen LogP contribution in [0.1, 0.15) is 29.3 Å². The number of rotatable bonds is 4. The summed E-state index contributed by atoms with van der Waals surface area (Å²) < 4.78 is 5.37. The van der Waals surface area contributed by atoms with Gasteiger partial charge in [-0.05, 0) is 44.0 Å². The highest BCUT2D eigenvalue weighted by Crippen LogP contribution is 2.22. The lowest BCUT2D eigenvalue weighted by Crippen LogP contribution is -2.26. The summed E-state index contributed by atoms with van der Waals surface area (Å²) in [6.07, 6.45) is 1.08. The van der Waals surface area contributed by atoms with Crippen LogP contribution in [0, 0.1) is 12.8 Å². The second kappa shape index (κ2) is 5.40. The molecule has 1 aliphatic rings. The predicted octanol–water partition coefficient (Wildman–Crippen LogP) is 2.53. The zero-order valence-electron chi connectivity index (χ0n) is 10.8. The van der Waals surface area contributed by atoms with Gasteiger partial charge in [0, 0.05) is 24.3 Å². The molecule has 0 spiro atoms. The third-order valence-corrected chi connectivity index (χ3v) is 3.52. The quantitative estimate of drug-likeness (QED) is 0.861. The Bertz CT molecular complexity index is 439. The van der Waals surface area contributed by atoms with Crippen molar-refractivity contribution in [2.75, 3.05) is 18.5 Å². The fraction of sp³-hybridized carbons (Fsp3) is 0.500. The molecule has 2 unspecified atom stereocenters. The molecule has 18 heavy (non-hydrogen) atoms. The van der Waals surface area contributed by atoms with Crippen LogP contribution >= 0.6 is 0 Å². The molecule has 0 aliphatic carbocycles. The van der Waals surface area contributed by atoms with Gasteiger partial charge in [0.15, 0.2) is 0 Å². The minimum atomic E-state index is -0.878. The Morgan fingerprint density at radius 3 is 2.89 bits per heavy atom. The lowest BCUT2D eigenvalue weighted by atomic mass is 10.00. The second-order valence-corrected chi connectivity index (χ2v) is 4.89. The Labute approximate surface area is 107 Å². The number of carbonyl (C=O) groups is 1. The third-order valence-electron chi connectivity index (χ3n) is 3.52. The molecule has 1 aromatic rings. The van der Waals surface area contributed by atoms with Crippen LogP contribution in [0.25, 0.3) is 0 Å². The molecular formula is C14H19NO3. The molecule has 1 fully saturated rings. The average molecular weight is 249 g/mol. The first-order valence-corrected chi connectivity index (χ1v) is 6.26. The molecule has 2 atom stereocenters. The van der Waals surface area contributed by atoms with E-state index in [2.05, 4.69) is 12.2 Å². The molecule has 0 aromatic heterocycles. The van der Waals surface area contributed by atoms with Crippen LogP contribution in [0.3, 0.4) is 0 Å². The summed E-state index contributed by atoms with van der Waals surface area (Å²) in [6, 6.07) is 5.69. The number of nitrogens with one attached hydrogen (secondary N) is 1. The lowest BCUT2D eigenvalue weighted by Gasteiger charge is -2.21. The topological polar surface area (TPSA) is 58.6 Å². The van der Waals surface area contributed by atoms with Gasteiger partial charge in [0.1, 0.15) is 0 Å². The molecule has 1 aliphatic heterocycles. The summed E-state index contributed by atoms with van der Waals surface area (Å²) in [5.41, 5.74) is 2.11. The molecule has 1 heterocycles. The van der Waals surface area contributed by atoms with E-state index in [1.54, 1.807) is 6.07 Å². The third kappa shape index (κ3) is 2.82. The van der Waals surface area contributed by atoms with Crippen molar-refractivity contribution in [2.24, 2.45) is 5.92 Å². The van der Waals surface area contributed by atoms with Gasteiger partial charge in [0.25, 0.3) is 0 Å². The molecule has 0 saturated carbocycles. The van der Waals surface area contributed by atoms with Crippen LogP contribution in [-0.2, 0) is 4.74 Å². The highest BCUT2D eigenvalue weighted by atomic mass is 16.5. The maximum atomic E-state index is 10.9. The van der Waals surface area contributed by atoms with E-state index in [4.69, 9.17) is 9.84 Å². The van der Waals surface area contributed by atoms with Crippen LogP contribution in [0.15, 0.2) is 18.2 Å². The van der Waals surface area contributed by atoms with Gasteiger partial charge in [-0.2, -0.15) is 0 Å². The van der Waals surface area contributed by atoms with Gasteiger partial charge in [-0.1, -0.05) is 0 Å². The van der Waals surface area contributed by atoms with Gasteiger partial charge >= 0.3 is 5.97 Å². The van der Waals surface area contributed by atoms with E-state index in [-0.39, 0.29) is 0 Å². The van der Waals surface area contributed by atoms with Crippen LogP contribution < -0.4 is 5.32 Å². The zero-order valence-corrected chi connectivity index (χ0v) is 10.8. The molecule has 4 heteroatoms. The van der Waals surface area contributed by atoms with Gasteiger partial charge in [-0.3, -0.25) is 0 Å². The monoisotopic (exact) mass is 249 g/mol. The summed E-state index contributed by atoms with van der Waals surface area (Å²) >= 11 is 0. The molecule has 2 N–H and O–H groups in total. The molecule has 1 saturated heterocycles. The number of benzene rings is 1. The van der Waals surface area contributed by atoms with Crippen molar-refractivity contribution in [1.82, 2.24) is 0 Å². The maximum Gasteiger partial charge on any atom is 0.335 e. The fourth-order valence-corrected chi connectivity index (χ4v) is 2.32. The Hall–Kier alpha value is -1.55. The average Bonchev–Trinajstić information content (AvgIpc) is 2.81. The number of carboxylic acids is 1. The predicted molar refractivity (Wildman–Crippen MR) is 70.1 cm³/mol. The van der Waals surface area contributed by atoms with E-state index in [0.29, 0.717) is 17.5 Å². The first kappa shape index (κ1) is 12.9. The summed E-state index contributed by atoms with van der Waals surface area (Å²) in [5, 5.41) is 12.4. The van der Waals surface area contributed by atoms with E-state index in [1.165, 1.54) is 0 Å². The molecular weight excluding hydrogens is 230 g/mol. The van der Waals surface area contributed by atoms with Gasteiger partial charge in [0.2, 0.25) is 0 Å². The van der Waals surface area contributed by atoms with E-state index in [1.807, 2.05) is 19.1 Å². The second-order valence-electron chi connectivity index (χ2n) is 4.89. The normalized spacial score (nSPS) is 20.7. The Morgan fingerprint density at radius 1 is 1.56 bits per heavy atom. The van der Waals surface area contributed by atoms with Crippen molar-refractivity contribution in [3.63, 3.8) is 0 Å². The van der Waals surface area contributed by atoms with Crippen molar-refractivity contribution in [3.8, 4) is 0 Å². The van der Waals surface area contributed by atoms with E-state index in [9.17, 15) is 4.79 Å². The lowest BCUT2D eigenvalue weighted by molar-refractivity contribution is 0.0696. The smallest absolute Gasteiger partial charge is 0.335 e. The first-order chi connectivity index (χ1) is 8.58. The molecule has 2 rings (SSSR count). The fourth-order valence-electron chi connectivity index (χ4n) is 2.32. The molecule has 0 amide bonds. The summed E-state index contributed by atoms with van der Waals surface area (Å²) in [4.78, 5) is 10.9. The molecule has 1 aromatic carbocycles. The van der Waals surface area contributed by atoms with Crippen molar-refractivity contribution in [1.29, 1.82) is 0 Å². The van der Waals surface area contributed by atoms with Crippen LogP contribution in [-0.4, -0.2) is 30.3 Å². The molecule has 98 valence electrons. The number of aromatic carboxylic acids is 1.